The maximum Gasteiger partial charge on any atom is 0.253 e. The molecule has 2 N–H and O–H groups in total. The first-order chi connectivity index (χ1) is 9.69. The molecular formula is C15H18N2O3. The van der Waals surface area contributed by atoms with Crippen molar-refractivity contribution in [1.82, 2.24) is 5.32 Å². The first-order valence-electron chi connectivity index (χ1n) is 6.60. The number of hydrogen-bond donors (Lipinski definition) is 2. The van der Waals surface area contributed by atoms with Gasteiger partial charge in [0.2, 0.25) is 5.91 Å². The lowest BCUT2D eigenvalue weighted by atomic mass is 10.2. The molecule has 2 rings (SSSR count). The Morgan fingerprint density at radius 2 is 2.30 bits per heavy atom. The first-order valence-corrected chi connectivity index (χ1v) is 6.60. The minimum atomic E-state index is -0.348. The van der Waals surface area contributed by atoms with Crippen molar-refractivity contribution in [3.8, 4) is 0 Å². The Morgan fingerprint density at radius 3 is 3.00 bits per heavy atom. The summed E-state index contributed by atoms with van der Waals surface area (Å²) in [5, 5.41) is 5.52. The molecule has 20 heavy (non-hydrogen) atoms. The molecule has 0 bridgehead atoms. The molecule has 1 heterocycles. The summed E-state index contributed by atoms with van der Waals surface area (Å²) in [7, 11) is 0. The third kappa shape index (κ3) is 3.93. The number of ether oxygens (including phenoxy) is 1. The minimum Gasteiger partial charge on any atom is -0.368 e. The smallest absolute Gasteiger partial charge is 0.253 e. The van der Waals surface area contributed by atoms with Gasteiger partial charge in [0.15, 0.2) is 0 Å². The average Bonchev–Trinajstić information content (AvgIpc) is 2.99. The van der Waals surface area contributed by atoms with Crippen molar-refractivity contribution in [3.05, 3.63) is 42.5 Å². The first kappa shape index (κ1) is 14.3. The molecule has 0 spiro atoms. The van der Waals surface area contributed by atoms with Crippen LogP contribution in [0.25, 0.3) is 0 Å². The molecule has 2 amide bonds. The summed E-state index contributed by atoms with van der Waals surface area (Å²) in [6, 6.07) is 7.35. The van der Waals surface area contributed by atoms with Gasteiger partial charge in [-0.25, -0.2) is 0 Å². The summed E-state index contributed by atoms with van der Waals surface area (Å²) >= 11 is 0. The van der Waals surface area contributed by atoms with Crippen LogP contribution in [0.3, 0.4) is 0 Å². The maximum atomic E-state index is 11.9. The number of carbonyl (C=O) groups is 2. The van der Waals surface area contributed by atoms with Crippen molar-refractivity contribution in [2.75, 3.05) is 11.9 Å². The van der Waals surface area contributed by atoms with Crippen molar-refractivity contribution >= 4 is 17.5 Å². The Balaban J connectivity index is 1.93. The second-order valence-electron chi connectivity index (χ2n) is 4.61. The maximum absolute atomic E-state index is 11.9. The summed E-state index contributed by atoms with van der Waals surface area (Å²) in [4.78, 5) is 23.0. The van der Waals surface area contributed by atoms with Crippen LogP contribution in [0.4, 0.5) is 5.69 Å². The fourth-order valence-corrected chi connectivity index (χ4v) is 2.03. The van der Waals surface area contributed by atoms with E-state index in [9.17, 15) is 9.59 Å². The SMILES string of the molecule is C=CC(=O)NCc1cccc(NC(=O)C2CCCO2)c1. The van der Waals surface area contributed by atoms with Gasteiger partial charge in [-0.15, -0.1) is 0 Å². The third-order valence-corrected chi connectivity index (χ3v) is 3.07. The molecule has 1 atom stereocenters. The van der Waals surface area contributed by atoms with E-state index >= 15 is 0 Å². The fraction of sp³-hybridized carbons (Fsp3) is 0.333. The molecule has 0 saturated carbocycles. The van der Waals surface area contributed by atoms with Gasteiger partial charge in [0.05, 0.1) is 0 Å². The second kappa shape index (κ2) is 6.86. The third-order valence-electron chi connectivity index (χ3n) is 3.07. The molecule has 1 fully saturated rings. The largest absolute Gasteiger partial charge is 0.368 e. The van der Waals surface area contributed by atoms with Gasteiger partial charge in [-0.2, -0.15) is 0 Å². The van der Waals surface area contributed by atoms with Crippen LogP contribution in [-0.4, -0.2) is 24.5 Å². The molecular weight excluding hydrogens is 256 g/mol. The van der Waals surface area contributed by atoms with Gasteiger partial charge >= 0.3 is 0 Å². The lowest BCUT2D eigenvalue weighted by Crippen LogP contribution is -2.27. The zero-order chi connectivity index (χ0) is 14.4. The highest BCUT2D eigenvalue weighted by molar-refractivity contribution is 5.94. The van der Waals surface area contributed by atoms with E-state index < -0.39 is 0 Å². The second-order valence-corrected chi connectivity index (χ2v) is 4.61. The number of rotatable bonds is 5. The molecule has 1 aromatic carbocycles. The van der Waals surface area contributed by atoms with E-state index in [1.807, 2.05) is 24.3 Å². The molecule has 1 aliphatic heterocycles. The average molecular weight is 274 g/mol. The Morgan fingerprint density at radius 1 is 1.45 bits per heavy atom. The number of hydrogen-bond acceptors (Lipinski definition) is 3. The molecule has 1 aromatic rings. The number of nitrogens with one attached hydrogen (secondary N) is 2. The summed E-state index contributed by atoms with van der Waals surface area (Å²) in [6.45, 7) is 4.43. The molecule has 0 aliphatic carbocycles. The Kier molecular flexibility index (Phi) is 4.90. The number of anilines is 1. The fourth-order valence-electron chi connectivity index (χ4n) is 2.03. The summed E-state index contributed by atoms with van der Waals surface area (Å²) in [5.74, 6) is -0.339. The molecule has 1 unspecified atom stereocenters. The van der Waals surface area contributed by atoms with Gasteiger partial charge in [0, 0.05) is 18.8 Å². The molecule has 5 heteroatoms. The Hall–Kier alpha value is -2.14. The summed E-state index contributed by atoms with van der Waals surface area (Å²) in [5.41, 5.74) is 1.61. The zero-order valence-corrected chi connectivity index (χ0v) is 11.2. The Labute approximate surface area is 118 Å². The normalized spacial score (nSPS) is 17.5. The van der Waals surface area contributed by atoms with Crippen molar-refractivity contribution in [3.63, 3.8) is 0 Å². The minimum absolute atomic E-state index is 0.116. The van der Waals surface area contributed by atoms with Gasteiger partial charge in [-0.05, 0) is 36.6 Å². The number of amides is 2. The van der Waals surface area contributed by atoms with E-state index in [1.165, 1.54) is 6.08 Å². The molecule has 5 nitrogen and oxygen atoms in total. The van der Waals surface area contributed by atoms with Crippen molar-refractivity contribution in [2.24, 2.45) is 0 Å². The van der Waals surface area contributed by atoms with E-state index in [4.69, 9.17) is 4.74 Å². The van der Waals surface area contributed by atoms with Crippen LogP contribution in [0.15, 0.2) is 36.9 Å². The van der Waals surface area contributed by atoms with Crippen LogP contribution in [-0.2, 0) is 20.9 Å². The van der Waals surface area contributed by atoms with Crippen LogP contribution >= 0.6 is 0 Å². The topological polar surface area (TPSA) is 67.4 Å². The number of carbonyl (C=O) groups excluding carboxylic acids is 2. The van der Waals surface area contributed by atoms with Gasteiger partial charge in [0.1, 0.15) is 6.10 Å². The quantitative estimate of drug-likeness (QED) is 0.802. The lowest BCUT2D eigenvalue weighted by molar-refractivity contribution is -0.124. The van der Waals surface area contributed by atoms with E-state index in [2.05, 4.69) is 17.2 Å². The highest BCUT2D eigenvalue weighted by atomic mass is 16.5. The van der Waals surface area contributed by atoms with Crippen molar-refractivity contribution < 1.29 is 14.3 Å². The predicted molar refractivity (Wildman–Crippen MR) is 76.1 cm³/mol. The molecule has 1 aliphatic rings. The van der Waals surface area contributed by atoms with Gasteiger partial charge in [-0.3, -0.25) is 9.59 Å². The Bertz CT molecular complexity index is 508. The monoisotopic (exact) mass is 274 g/mol. The van der Waals surface area contributed by atoms with E-state index in [0.717, 1.165) is 18.4 Å². The van der Waals surface area contributed by atoms with Crippen LogP contribution in [0.2, 0.25) is 0 Å². The summed E-state index contributed by atoms with van der Waals surface area (Å²) in [6.07, 6.45) is 2.56. The van der Waals surface area contributed by atoms with E-state index in [0.29, 0.717) is 18.8 Å². The van der Waals surface area contributed by atoms with Crippen molar-refractivity contribution in [1.29, 1.82) is 0 Å². The van der Waals surface area contributed by atoms with Crippen LogP contribution in [0.5, 0.6) is 0 Å². The molecule has 1 saturated heterocycles. The highest BCUT2D eigenvalue weighted by Gasteiger charge is 2.23. The molecule has 0 aromatic heterocycles. The van der Waals surface area contributed by atoms with Crippen molar-refractivity contribution in [2.45, 2.75) is 25.5 Å². The van der Waals surface area contributed by atoms with Crippen LogP contribution in [0, 0.1) is 0 Å². The van der Waals surface area contributed by atoms with E-state index in [1.54, 1.807) is 0 Å². The summed E-state index contributed by atoms with van der Waals surface area (Å²) < 4.78 is 5.33. The molecule has 106 valence electrons. The van der Waals surface area contributed by atoms with E-state index in [-0.39, 0.29) is 17.9 Å². The van der Waals surface area contributed by atoms with Crippen LogP contribution in [0.1, 0.15) is 18.4 Å². The zero-order valence-electron chi connectivity index (χ0n) is 11.2. The van der Waals surface area contributed by atoms with Crippen LogP contribution < -0.4 is 10.6 Å². The van der Waals surface area contributed by atoms with Gasteiger partial charge < -0.3 is 15.4 Å². The lowest BCUT2D eigenvalue weighted by Gasteiger charge is -2.11. The number of benzene rings is 1. The van der Waals surface area contributed by atoms with Gasteiger partial charge in [0.25, 0.3) is 5.91 Å². The molecule has 0 radical (unpaired) electrons. The highest BCUT2D eigenvalue weighted by Crippen LogP contribution is 2.16. The predicted octanol–water partition coefficient (Wildman–Crippen LogP) is 1.61. The standard InChI is InChI=1S/C15H18N2O3/c1-2-14(18)16-10-11-5-3-6-12(9-11)17-15(19)13-7-4-8-20-13/h2-3,5-6,9,13H,1,4,7-8,10H2,(H,16,18)(H,17,19). The van der Waals surface area contributed by atoms with Gasteiger partial charge in [-0.1, -0.05) is 18.7 Å².